The van der Waals surface area contributed by atoms with Crippen molar-refractivity contribution < 1.29 is 14.3 Å². The molecule has 1 atom stereocenters. The molecule has 0 saturated carbocycles. The Morgan fingerprint density at radius 2 is 2.11 bits per heavy atom. The summed E-state index contributed by atoms with van der Waals surface area (Å²) in [5.74, 6) is 1.36. The van der Waals surface area contributed by atoms with Gasteiger partial charge >= 0.3 is 0 Å². The second-order valence-electron chi connectivity index (χ2n) is 6.91. The number of nitrogens with zero attached hydrogens (tertiary/aromatic N) is 4. The molecule has 0 bridgehead atoms. The first kappa shape index (κ1) is 20.4. The fourth-order valence-corrected chi connectivity index (χ4v) is 3.67. The van der Waals surface area contributed by atoms with Crippen molar-refractivity contribution >= 4 is 18.3 Å². The lowest BCUT2D eigenvalue weighted by Crippen LogP contribution is -2.42. The van der Waals surface area contributed by atoms with Gasteiger partial charge in [0.05, 0.1) is 11.4 Å². The molecule has 152 valence electrons. The molecule has 2 aliphatic rings. The number of carbonyl (C=O) groups is 1. The molecule has 1 unspecified atom stereocenters. The maximum absolute atomic E-state index is 13.2. The van der Waals surface area contributed by atoms with Crippen LogP contribution in [0.25, 0.3) is 5.69 Å². The second-order valence-corrected chi connectivity index (χ2v) is 6.91. The highest BCUT2D eigenvalue weighted by Crippen LogP contribution is 2.32. The first-order chi connectivity index (χ1) is 13.2. The lowest BCUT2D eigenvalue weighted by molar-refractivity contribution is 0.0685. The van der Waals surface area contributed by atoms with Crippen LogP contribution in [-0.2, 0) is 0 Å². The molecule has 0 aliphatic carbocycles. The van der Waals surface area contributed by atoms with Crippen molar-refractivity contribution in [3.63, 3.8) is 0 Å². The van der Waals surface area contributed by atoms with Crippen molar-refractivity contribution in [1.29, 1.82) is 0 Å². The summed E-state index contributed by atoms with van der Waals surface area (Å²) in [6.45, 7) is 7.54. The molecule has 1 amide bonds. The Morgan fingerprint density at radius 3 is 2.82 bits per heavy atom. The highest BCUT2D eigenvalue weighted by atomic mass is 35.5. The minimum atomic E-state index is -0.0492. The van der Waals surface area contributed by atoms with Gasteiger partial charge in [-0.15, -0.1) is 17.5 Å². The number of benzene rings is 1. The quantitative estimate of drug-likeness (QED) is 0.816. The Hall–Kier alpha value is -2.32. The van der Waals surface area contributed by atoms with Crippen molar-refractivity contribution in [1.82, 2.24) is 25.2 Å². The molecule has 0 spiro atoms. The van der Waals surface area contributed by atoms with Crippen molar-refractivity contribution in [2.45, 2.75) is 32.7 Å². The van der Waals surface area contributed by atoms with Crippen LogP contribution in [0.3, 0.4) is 0 Å². The Bertz CT molecular complexity index is 835. The summed E-state index contributed by atoms with van der Waals surface area (Å²) in [7, 11) is 0. The third kappa shape index (κ3) is 3.79. The fourth-order valence-electron chi connectivity index (χ4n) is 3.67. The van der Waals surface area contributed by atoms with E-state index in [1.54, 1.807) is 4.68 Å². The standard InChI is InChI=1S/C19H25N5O3.ClH/c1-3-8-23(15-6-7-20-12-15)19(25)18-13(2)24(22-21-18)14-4-5-16-17(11-14)27-10-9-26-16;/h4-5,11,15,20H,3,6-10,12H2,1-2H3;1H. The van der Waals surface area contributed by atoms with E-state index in [1.165, 1.54) is 0 Å². The monoisotopic (exact) mass is 407 g/mol. The number of hydrogen-bond acceptors (Lipinski definition) is 6. The number of hydrogen-bond donors (Lipinski definition) is 1. The largest absolute Gasteiger partial charge is 0.486 e. The molecule has 0 radical (unpaired) electrons. The number of ether oxygens (including phenoxy) is 2. The van der Waals surface area contributed by atoms with E-state index in [0.29, 0.717) is 24.7 Å². The maximum Gasteiger partial charge on any atom is 0.276 e. The number of carbonyl (C=O) groups excluding carboxylic acids is 1. The Labute approximate surface area is 170 Å². The smallest absolute Gasteiger partial charge is 0.276 e. The predicted molar refractivity (Wildman–Crippen MR) is 107 cm³/mol. The lowest BCUT2D eigenvalue weighted by Gasteiger charge is -2.27. The summed E-state index contributed by atoms with van der Waals surface area (Å²) < 4.78 is 12.9. The van der Waals surface area contributed by atoms with E-state index in [-0.39, 0.29) is 24.4 Å². The van der Waals surface area contributed by atoms with Crippen LogP contribution in [0.4, 0.5) is 0 Å². The van der Waals surface area contributed by atoms with Gasteiger partial charge in [0, 0.05) is 25.2 Å². The third-order valence-corrected chi connectivity index (χ3v) is 5.07. The average Bonchev–Trinajstić information content (AvgIpc) is 3.35. The van der Waals surface area contributed by atoms with Crippen molar-refractivity contribution in [2.24, 2.45) is 0 Å². The zero-order valence-corrected chi connectivity index (χ0v) is 17.0. The molecule has 1 aromatic carbocycles. The van der Waals surface area contributed by atoms with E-state index < -0.39 is 0 Å². The van der Waals surface area contributed by atoms with E-state index in [0.717, 1.165) is 49.6 Å². The van der Waals surface area contributed by atoms with E-state index >= 15 is 0 Å². The normalized spacial score (nSPS) is 17.9. The minimum Gasteiger partial charge on any atom is -0.486 e. The molecule has 1 fully saturated rings. The van der Waals surface area contributed by atoms with Gasteiger partial charge in [-0.25, -0.2) is 4.68 Å². The number of nitrogens with one attached hydrogen (secondary N) is 1. The van der Waals surface area contributed by atoms with Crippen LogP contribution in [0, 0.1) is 6.92 Å². The summed E-state index contributed by atoms with van der Waals surface area (Å²) in [5, 5.41) is 11.8. The van der Waals surface area contributed by atoms with Gasteiger partial charge in [-0.3, -0.25) is 4.79 Å². The molecule has 1 saturated heterocycles. The summed E-state index contributed by atoms with van der Waals surface area (Å²) >= 11 is 0. The number of amides is 1. The SMILES string of the molecule is CCCN(C(=O)c1nnn(-c2ccc3c(c2)OCCO3)c1C)C1CCNC1.Cl. The van der Waals surface area contributed by atoms with Gasteiger partial charge in [-0.1, -0.05) is 12.1 Å². The van der Waals surface area contributed by atoms with Crippen molar-refractivity contribution in [3.8, 4) is 17.2 Å². The van der Waals surface area contributed by atoms with Gasteiger partial charge in [0.1, 0.15) is 13.2 Å². The Balaban J connectivity index is 0.00000225. The summed E-state index contributed by atoms with van der Waals surface area (Å²) in [4.78, 5) is 15.1. The molecule has 3 heterocycles. The molecule has 2 aliphatic heterocycles. The van der Waals surface area contributed by atoms with Crippen LogP contribution in [0.2, 0.25) is 0 Å². The molecule has 1 N–H and O–H groups in total. The highest BCUT2D eigenvalue weighted by Gasteiger charge is 2.30. The van der Waals surface area contributed by atoms with Crippen LogP contribution in [0.1, 0.15) is 35.9 Å². The average molecular weight is 408 g/mol. The topological polar surface area (TPSA) is 81.5 Å². The van der Waals surface area contributed by atoms with Gasteiger partial charge < -0.3 is 19.7 Å². The Kier molecular flexibility index (Phi) is 6.41. The van der Waals surface area contributed by atoms with Crippen LogP contribution < -0.4 is 14.8 Å². The van der Waals surface area contributed by atoms with Crippen LogP contribution in [0.15, 0.2) is 18.2 Å². The number of fused-ring (bicyclic) bond motifs is 1. The number of halogens is 1. The summed E-state index contributed by atoms with van der Waals surface area (Å²) in [5.41, 5.74) is 1.93. The summed E-state index contributed by atoms with van der Waals surface area (Å²) in [6, 6.07) is 5.85. The van der Waals surface area contributed by atoms with Gasteiger partial charge in [0.15, 0.2) is 17.2 Å². The van der Waals surface area contributed by atoms with Crippen LogP contribution in [0.5, 0.6) is 11.5 Å². The van der Waals surface area contributed by atoms with Gasteiger partial charge in [0.2, 0.25) is 0 Å². The van der Waals surface area contributed by atoms with Crippen LogP contribution >= 0.6 is 12.4 Å². The molecular weight excluding hydrogens is 382 g/mol. The molecular formula is C19H26ClN5O3. The van der Waals surface area contributed by atoms with Gasteiger partial charge in [-0.05, 0) is 38.4 Å². The van der Waals surface area contributed by atoms with Gasteiger partial charge in [-0.2, -0.15) is 0 Å². The van der Waals surface area contributed by atoms with E-state index in [2.05, 4.69) is 22.6 Å². The zero-order valence-electron chi connectivity index (χ0n) is 16.2. The zero-order chi connectivity index (χ0) is 18.8. The van der Waals surface area contributed by atoms with Crippen molar-refractivity contribution in [2.75, 3.05) is 32.8 Å². The molecule has 4 rings (SSSR count). The van der Waals surface area contributed by atoms with Crippen LogP contribution in [-0.4, -0.2) is 64.7 Å². The predicted octanol–water partition coefficient (Wildman–Crippen LogP) is 1.98. The van der Waals surface area contributed by atoms with E-state index in [4.69, 9.17) is 9.47 Å². The molecule has 8 nitrogen and oxygen atoms in total. The van der Waals surface area contributed by atoms with E-state index in [1.807, 2.05) is 30.0 Å². The summed E-state index contributed by atoms with van der Waals surface area (Å²) in [6.07, 6.45) is 1.89. The number of rotatable bonds is 5. The highest BCUT2D eigenvalue weighted by molar-refractivity contribution is 5.93. The minimum absolute atomic E-state index is 0. The van der Waals surface area contributed by atoms with Gasteiger partial charge in [0.25, 0.3) is 5.91 Å². The molecule has 28 heavy (non-hydrogen) atoms. The molecule has 1 aromatic heterocycles. The Morgan fingerprint density at radius 1 is 1.32 bits per heavy atom. The first-order valence-electron chi connectivity index (χ1n) is 9.53. The third-order valence-electron chi connectivity index (χ3n) is 5.07. The fraction of sp³-hybridized carbons (Fsp3) is 0.526. The lowest BCUT2D eigenvalue weighted by atomic mass is 10.1. The number of aromatic nitrogens is 3. The second kappa shape index (κ2) is 8.79. The molecule has 9 heteroatoms. The first-order valence-corrected chi connectivity index (χ1v) is 9.53. The maximum atomic E-state index is 13.2. The van der Waals surface area contributed by atoms with E-state index in [9.17, 15) is 4.79 Å². The van der Waals surface area contributed by atoms with Crippen molar-refractivity contribution in [3.05, 3.63) is 29.6 Å². The molecule has 2 aromatic rings.